The van der Waals surface area contributed by atoms with Crippen LogP contribution in [0.5, 0.6) is 0 Å². The van der Waals surface area contributed by atoms with Gasteiger partial charge in [-0.1, -0.05) is 194 Å². The van der Waals surface area contributed by atoms with Crippen molar-refractivity contribution in [2.75, 3.05) is 26.2 Å². The highest BCUT2D eigenvalue weighted by atomic mass is 32.2. The maximum Gasteiger partial charge on any atom is 0.335 e. The number of quaternary nitrogens is 1. The number of carboxylic acids is 2. The lowest BCUT2D eigenvalue weighted by molar-refractivity contribution is -0.929. The number of rotatable bonds is 40. The highest BCUT2D eigenvalue weighted by Gasteiger charge is 2.26. The van der Waals surface area contributed by atoms with Crippen molar-refractivity contribution < 1.29 is 28.5 Å². The molecule has 7 heteroatoms. The third kappa shape index (κ3) is 29.5. The molecule has 0 bridgehead atoms. The Hall–Kier alpha value is -2.51. The summed E-state index contributed by atoms with van der Waals surface area (Å²) in [6, 6.07) is 11.2. The Labute approximate surface area is 378 Å². The van der Waals surface area contributed by atoms with Gasteiger partial charge in [0.2, 0.25) is 0 Å². The first-order valence-corrected chi connectivity index (χ1v) is 26.8. The molecule has 0 aliphatic rings. The Morgan fingerprint density at radius 1 is 0.410 bits per heavy atom. The number of hydrogen-bond acceptors (Lipinski definition) is 4. The van der Waals surface area contributed by atoms with Crippen LogP contribution in [0.3, 0.4) is 0 Å². The normalized spacial score (nSPS) is 11.9. The largest absolute Gasteiger partial charge is 0.545 e. The molecule has 1 unspecified atom stereocenters. The minimum atomic E-state index is -1.50. The first-order valence-electron chi connectivity index (χ1n) is 25.6. The maximum atomic E-state index is 12.2. The molecule has 1 atom stereocenters. The molecule has 0 fully saturated rings. The zero-order valence-corrected chi connectivity index (χ0v) is 40.8. The zero-order chi connectivity index (χ0) is 44.7. The molecule has 0 saturated heterocycles. The molecule has 0 aliphatic carbocycles. The molecule has 0 saturated carbocycles. The van der Waals surface area contributed by atoms with Gasteiger partial charge in [0.25, 0.3) is 0 Å². The minimum absolute atomic E-state index is 0.00646. The van der Waals surface area contributed by atoms with Crippen LogP contribution >= 0.6 is 0 Å². The summed E-state index contributed by atoms with van der Waals surface area (Å²) in [5.74, 6) is -2.35. The first kappa shape index (κ1) is 56.5. The van der Waals surface area contributed by atoms with E-state index in [4.69, 9.17) is 5.11 Å². The second-order valence-electron chi connectivity index (χ2n) is 18.0. The van der Waals surface area contributed by atoms with Crippen molar-refractivity contribution >= 4 is 22.7 Å². The molecular weight excluding hydrogens is 775 g/mol. The highest BCUT2D eigenvalue weighted by molar-refractivity contribution is 7.85. The van der Waals surface area contributed by atoms with Crippen LogP contribution < -0.4 is 5.11 Å². The average Bonchev–Trinajstić information content (AvgIpc) is 3.27. The third-order valence-corrected chi connectivity index (χ3v) is 14.0. The second-order valence-corrected chi connectivity index (χ2v) is 19.5. The third-order valence-electron chi connectivity index (χ3n) is 12.6. The van der Waals surface area contributed by atoms with E-state index in [1.165, 1.54) is 285 Å². The minimum Gasteiger partial charge on any atom is -0.545 e. The van der Waals surface area contributed by atoms with Crippen LogP contribution in [0.1, 0.15) is 254 Å². The van der Waals surface area contributed by atoms with Gasteiger partial charge in [-0.3, -0.25) is 0 Å². The van der Waals surface area contributed by atoms with Crippen LogP contribution in [0, 0.1) is 0 Å². The number of unbranched alkanes of at least 4 members (excludes halogenated alkanes) is 28. The van der Waals surface area contributed by atoms with Crippen molar-refractivity contribution in [2.24, 2.45) is 0 Å². The Kier molecular flexibility index (Phi) is 36.2. The molecule has 2 rings (SSSR count). The summed E-state index contributed by atoms with van der Waals surface area (Å²) in [6.07, 6.45) is 46.7. The Balaban J connectivity index is 0.000000766. The van der Waals surface area contributed by atoms with Gasteiger partial charge in [-0.25, -0.2) is 9.00 Å². The van der Waals surface area contributed by atoms with Gasteiger partial charge in [0, 0.05) is 9.79 Å². The number of nitrogens with zero attached hydrogens (tertiary/aromatic N) is 1. The van der Waals surface area contributed by atoms with Crippen molar-refractivity contribution in [3.8, 4) is 0 Å². The van der Waals surface area contributed by atoms with E-state index in [9.17, 15) is 18.9 Å². The predicted octanol–water partition coefficient (Wildman–Crippen LogP) is 15.3. The topological polar surface area (TPSA) is 94.5 Å². The zero-order valence-electron chi connectivity index (χ0n) is 40.0. The number of hydrogen-bond donors (Lipinski definition) is 1. The summed E-state index contributed by atoms with van der Waals surface area (Å²) in [4.78, 5) is 22.2. The van der Waals surface area contributed by atoms with Crippen molar-refractivity contribution in [1.29, 1.82) is 0 Å². The Morgan fingerprint density at radius 2 is 0.639 bits per heavy atom. The number of carboxylic acid groups (broad SMARTS) is 2. The first-order chi connectivity index (χ1) is 29.7. The molecule has 0 radical (unpaired) electrons. The van der Waals surface area contributed by atoms with Crippen LogP contribution in [0.25, 0.3) is 0 Å². The summed E-state index contributed by atoms with van der Waals surface area (Å²) < 4.78 is 13.7. The molecule has 0 amide bonds. The molecule has 2 aromatic carbocycles. The fraction of sp³-hybridized carbons (Fsp3) is 0.741. The van der Waals surface area contributed by atoms with Gasteiger partial charge in [0.15, 0.2) is 0 Å². The van der Waals surface area contributed by atoms with E-state index in [0.717, 1.165) is 0 Å². The molecule has 0 aromatic heterocycles. The van der Waals surface area contributed by atoms with Crippen molar-refractivity contribution in [2.45, 2.75) is 243 Å². The van der Waals surface area contributed by atoms with Crippen molar-refractivity contribution in [3.63, 3.8) is 0 Å². The summed E-state index contributed by atoms with van der Waals surface area (Å²) in [6.45, 7) is 15.3. The molecule has 61 heavy (non-hydrogen) atoms. The highest BCUT2D eigenvalue weighted by Crippen LogP contribution is 2.22. The van der Waals surface area contributed by atoms with E-state index in [1.807, 2.05) is 0 Å². The van der Waals surface area contributed by atoms with Gasteiger partial charge in [0.05, 0.1) is 48.5 Å². The number of carbonyl (C=O) groups excluding carboxylic acids is 1. The molecule has 6 nitrogen and oxygen atoms in total. The molecule has 0 aliphatic heterocycles. The van der Waals surface area contributed by atoms with Crippen LogP contribution in [0.4, 0.5) is 0 Å². The van der Waals surface area contributed by atoms with Crippen LogP contribution in [-0.2, 0) is 10.8 Å². The molecule has 0 heterocycles. The predicted molar refractivity (Wildman–Crippen MR) is 259 cm³/mol. The average molecular weight is 868 g/mol. The van der Waals surface area contributed by atoms with Crippen LogP contribution in [-0.4, -0.2) is 51.9 Å². The maximum absolute atomic E-state index is 12.2. The van der Waals surface area contributed by atoms with Gasteiger partial charge in [0.1, 0.15) is 0 Å². The Bertz CT molecular complexity index is 1200. The SMILES string of the molecule is CCCCCCCCCC[N+](CCCCCCCCCC)(CCCCCCCCCC)CCCCCCCCCC.O=C([O-])c1ccc(S(=O)c2ccc(C(=O)O)cc2)cc1. The van der Waals surface area contributed by atoms with Gasteiger partial charge in [-0.05, 0) is 93.3 Å². The molecular formula is C54H93NO5S. The molecule has 0 spiro atoms. The van der Waals surface area contributed by atoms with E-state index in [1.54, 1.807) is 0 Å². The second kappa shape index (κ2) is 39.1. The van der Waals surface area contributed by atoms with E-state index in [0.29, 0.717) is 9.79 Å². The van der Waals surface area contributed by atoms with Gasteiger partial charge < -0.3 is 19.5 Å². The fourth-order valence-electron chi connectivity index (χ4n) is 8.57. The lowest BCUT2D eigenvalue weighted by atomic mass is 10.0. The van der Waals surface area contributed by atoms with Crippen molar-refractivity contribution in [1.82, 2.24) is 0 Å². The van der Waals surface area contributed by atoms with Gasteiger partial charge in [-0.15, -0.1) is 0 Å². The monoisotopic (exact) mass is 868 g/mol. The van der Waals surface area contributed by atoms with Gasteiger partial charge in [-0.2, -0.15) is 0 Å². The van der Waals surface area contributed by atoms with E-state index in [-0.39, 0.29) is 11.1 Å². The molecule has 2 aromatic rings. The van der Waals surface area contributed by atoms with Gasteiger partial charge >= 0.3 is 5.97 Å². The number of aromatic carboxylic acids is 2. The quantitative estimate of drug-likeness (QED) is 0.0532. The standard InChI is InChI=1S/C40H84N.C14H10O5S/c1-5-9-13-17-21-25-29-33-37-41(38-34-30-26-22-18-14-10-6-2,39-35-31-27-23-19-15-11-7-3)40-36-32-28-24-20-16-12-8-4;15-13(16)9-1-5-11(6-2-9)20(19)12-7-3-10(4-8-12)14(17)18/h5-40H2,1-4H3;1-8H,(H,15,16)(H,17,18)/q+1;/p-1. The van der Waals surface area contributed by atoms with E-state index < -0.39 is 22.7 Å². The molecule has 350 valence electrons. The summed E-state index contributed by atoms with van der Waals surface area (Å²) in [5.41, 5.74) is 0.116. The summed E-state index contributed by atoms with van der Waals surface area (Å²) >= 11 is 0. The van der Waals surface area contributed by atoms with E-state index >= 15 is 0 Å². The lowest BCUT2D eigenvalue weighted by Gasteiger charge is -2.40. The smallest absolute Gasteiger partial charge is 0.335 e. The molecule has 1 N–H and O–H groups in total. The number of carbonyl (C=O) groups is 2. The van der Waals surface area contributed by atoms with Crippen molar-refractivity contribution in [3.05, 3.63) is 59.7 Å². The fourth-order valence-corrected chi connectivity index (χ4v) is 9.61. The lowest BCUT2D eigenvalue weighted by Crippen LogP contribution is -2.50. The van der Waals surface area contributed by atoms with Crippen LogP contribution in [0.15, 0.2) is 58.3 Å². The van der Waals surface area contributed by atoms with E-state index in [2.05, 4.69) is 27.7 Å². The van der Waals surface area contributed by atoms with Crippen LogP contribution in [0.2, 0.25) is 0 Å². The Morgan fingerprint density at radius 3 is 0.869 bits per heavy atom. The number of benzene rings is 2. The summed E-state index contributed by atoms with van der Waals surface area (Å²) in [7, 11) is -1.50. The summed E-state index contributed by atoms with van der Waals surface area (Å²) in [5, 5.41) is 19.4.